The third-order valence-electron chi connectivity index (χ3n) is 8.14. The fraction of sp³-hybridized carbons (Fsp3) is 0.528. The van der Waals surface area contributed by atoms with E-state index in [0.717, 1.165) is 18.4 Å². The Labute approximate surface area is 298 Å². The number of aryl methyl sites for hydroxylation is 1. The minimum absolute atomic E-state index is 0.0528. The van der Waals surface area contributed by atoms with Crippen LogP contribution < -0.4 is 11.1 Å². The number of imidazole rings is 1. The molecule has 0 spiro atoms. The summed E-state index contributed by atoms with van der Waals surface area (Å²) in [4.78, 5) is 70.6. The summed E-state index contributed by atoms with van der Waals surface area (Å²) in [7, 11) is 4.85. The number of hydrogen-bond donors (Lipinski definition) is 2. The van der Waals surface area contributed by atoms with Gasteiger partial charge in [-0.3, -0.25) is 24.0 Å². The summed E-state index contributed by atoms with van der Waals surface area (Å²) in [5.41, 5.74) is 6.17. The van der Waals surface area contributed by atoms with E-state index < -0.39 is 23.9 Å². The number of nitrogens with zero attached hydrogens (tertiary/aromatic N) is 4. The number of carbonyl (C=O) groups is 5. The van der Waals surface area contributed by atoms with Gasteiger partial charge in [-0.15, -0.1) is 11.3 Å². The van der Waals surface area contributed by atoms with Crippen molar-refractivity contribution in [3.05, 3.63) is 70.2 Å². The smallest absolute Gasteiger partial charge is 0.308 e. The van der Waals surface area contributed by atoms with Gasteiger partial charge in [-0.2, -0.15) is 0 Å². The van der Waals surface area contributed by atoms with E-state index in [-0.39, 0.29) is 47.3 Å². The van der Waals surface area contributed by atoms with E-state index >= 15 is 0 Å². The number of carbonyl (C=O) groups excluding carboxylic acids is 5. The van der Waals surface area contributed by atoms with Gasteiger partial charge >= 0.3 is 11.9 Å². The lowest BCUT2D eigenvalue weighted by Crippen LogP contribution is -2.41. The van der Waals surface area contributed by atoms with E-state index in [9.17, 15) is 24.0 Å². The van der Waals surface area contributed by atoms with E-state index in [2.05, 4.69) is 15.3 Å². The van der Waals surface area contributed by atoms with Crippen molar-refractivity contribution in [2.45, 2.75) is 91.3 Å². The number of thiazole rings is 1. The number of ether oxygens (including phenoxy) is 2. The maximum atomic E-state index is 13.3. The van der Waals surface area contributed by atoms with Gasteiger partial charge in [0.2, 0.25) is 5.91 Å². The Morgan fingerprint density at radius 2 is 1.76 bits per heavy atom. The van der Waals surface area contributed by atoms with Crippen LogP contribution >= 0.6 is 11.3 Å². The minimum Gasteiger partial charge on any atom is -0.469 e. The maximum Gasteiger partial charge on any atom is 0.308 e. The normalized spacial score (nSPS) is 13.2. The van der Waals surface area contributed by atoms with Crippen molar-refractivity contribution in [3.8, 4) is 0 Å². The molecule has 2 heterocycles. The molecule has 14 heteroatoms. The van der Waals surface area contributed by atoms with Crippen LogP contribution in [0.1, 0.15) is 105 Å². The van der Waals surface area contributed by atoms with E-state index in [4.69, 9.17) is 15.2 Å². The monoisotopic (exact) mass is 712 g/mol. The number of amides is 3. The van der Waals surface area contributed by atoms with Gasteiger partial charge in [0.05, 0.1) is 13.0 Å². The number of aromatic nitrogens is 3. The van der Waals surface area contributed by atoms with Crippen LogP contribution in [0.3, 0.4) is 0 Å². The van der Waals surface area contributed by atoms with Gasteiger partial charge < -0.3 is 30.0 Å². The molecule has 2 aromatic heterocycles. The van der Waals surface area contributed by atoms with Gasteiger partial charge in [-0.1, -0.05) is 64.4 Å². The minimum atomic E-state index is -0.702. The maximum absolute atomic E-state index is 13.3. The lowest BCUT2D eigenvalue weighted by molar-refractivity contribution is -0.148. The molecule has 0 radical (unpaired) electrons. The molecule has 50 heavy (non-hydrogen) atoms. The fourth-order valence-electron chi connectivity index (χ4n) is 5.40. The summed E-state index contributed by atoms with van der Waals surface area (Å²) >= 11 is 1.24. The lowest BCUT2D eigenvalue weighted by atomic mass is 9.96. The van der Waals surface area contributed by atoms with Gasteiger partial charge in [0, 0.05) is 63.7 Å². The number of esters is 2. The zero-order valence-corrected chi connectivity index (χ0v) is 31.2. The Kier molecular flexibility index (Phi) is 17.3. The zero-order chi connectivity index (χ0) is 37.4. The highest BCUT2D eigenvalue weighted by Gasteiger charge is 2.31. The summed E-state index contributed by atoms with van der Waals surface area (Å²) in [5.74, 6) is -1.62. The van der Waals surface area contributed by atoms with Crippen molar-refractivity contribution >= 4 is 41.0 Å². The molecule has 3 rings (SSSR count). The standard InChI is InChI=1S/C31H45N3O6S.C5H7N3O/c1-8-9-15-28(36)34(6)26(20(2)3)18-27(40-22(5)35)30-33-25(19-41-30)29(37)32-24(16-21(4)31(38)39-7)17-23-13-11-10-12-14-23;1-8-3-2-7-5(8)4(6)9/h10-14,19-21,24,26-27H,8-9,15-18H2,1-7H3,(H,32,37);2-3H,1H3,(H2,6,9). The molecule has 13 nitrogen and oxygen atoms in total. The van der Waals surface area contributed by atoms with Crippen molar-refractivity contribution in [2.24, 2.45) is 24.6 Å². The number of benzene rings is 1. The lowest BCUT2D eigenvalue weighted by Gasteiger charge is -2.33. The molecular formula is C36H52N6O7S. The molecule has 0 aliphatic heterocycles. The van der Waals surface area contributed by atoms with Crippen molar-refractivity contribution < 1.29 is 33.4 Å². The molecule has 274 valence electrons. The second kappa shape index (κ2) is 20.8. The Balaban J connectivity index is 0.000000831. The first-order valence-electron chi connectivity index (χ1n) is 16.8. The quantitative estimate of drug-likeness (QED) is 0.185. The van der Waals surface area contributed by atoms with E-state index in [1.165, 1.54) is 31.6 Å². The van der Waals surface area contributed by atoms with Crippen LogP contribution in [0.15, 0.2) is 48.1 Å². The van der Waals surface area contributed by atoms with Gasteiger partial charge in [0.15, 0.2) is 11.9 Å². The highest BCUT2D eigenvalue weighted by atomic mass is 32.1. The number of unbranched alkanes of at least 4 members (excludes halogenated alkanes) is 1. The Hall–Kier alpha value is -4.59. The third kappa shape index (κ3) is 13.4. The first-order chi connectivity index (χ1) is 23.7. The summed E-state index contributed by atoms with van der Waals surface area (Å²) < 4.78 is 12.1. The summed E-state index contributed by atoms with van der Waals surface area (Å²) in [6.07, 6.45) is 6.01. The van der Waals surface area contributed by atoms with E-state index in [1.807, 2.05) is 51.1 Å². The molecule has 0 fully saturated rings. The second-order valence-electron chi connectivity index (χ2n) is 12.6. The number of rotatable bonds is 17. The van der Waals surface area contributed by atoms with Gasteiger partial charge in [0.25, 0.3) is 11.8 Å². The molecule has 0 saturated heterocycles. The molecule has 0 aliphatic rings. The molecule has 3 N–H and O–H groups in total. The van der Waals surface area contributed by atoms with Crippen LogP contribution in [0.4, 0.5) is 0 Å². The van der Waals surface area contributed by atoms with Crippen LogP contribution in [0.5, 0.6) is 0 Å². The van der Waals surface area contributed by atoms with E-state index in [0.29, 0.717) is 30.7 Å². The largest absolute Gasteiger partial charge is 0.469 e. The van der Waals surface area contributed by atoms with Crippen molar-refractivity contribution in [3.63, 3.8) is 0 Å². The molecule has 0 saturated carbocycles. The van der Waals surface area contributed by atoms with Crippen molar-refractivity contribution in [1.82, 2.24) is 24.8 Å². The SMILES string of the molecule is CCCCC(=O)N(C)C(CC(OC(C)=O)c1nc(C(=O)NC(Cc2ccccc2)CC(C)C(=O)OC)cs1)C(C)C.Cn1ccnc1C(N)=O. The van der Waals surface area contributed by atoms with Gasteiger partial charge in [-0.25, -0.2) is 9.97 Å². The zero-order valence-electron chi connectivity index (χ0n) is 30.4. The first kappa shape index (κ1) is 41.6. The Morgan fingerprint density at radius 1 is 1.08 bits per heavy atom. The number of primary amides is 1. The average Bonchev–Trinajstić information content (AvgIpc) is 3.75. The highest BCUT2D eigenvalue weighted by molar-refractivity contribution is 7.09. The summed E-state index contributed by atoms with van der Waals surface area (Å²) in [6.45, 7) is 9.22. The Bertz CT molecular complexity index is 1540. The van der Waals surface area contributed by atoms with E-state index in [1.54, 1.807) is 42.1 Å². The molecule has 3 amide bonds. The van der Waals surface area contributed by atoms with Crippen LogP contribution in [-0.2, 0) is 37.3 Å². The van der Waals surface area contributed by atoms with Crippen molar-refractivity contribution in [1.29, 1.82) is 0 Å². The predicted octanol–water partition coefficient (Wildman–Crippen LogP) is 4.87. The summed E-state index contributed by atoms with van der Waals surface area (Å²) in [5, 5.41) is 5.17. The Morgan fingerprint density at radius 3 is 2.28 bits per heavy atom. The third-order valence-corrected chi connectivity index (χ3v) is 9.08. The van der Waals surface area contributed by atoms with Crippen LogP contribution in [0, 0.1) is 11.8 Å². The van der Waals surface area contributed by atoms with Crippen LogP contribution in [0.2, 0.25) is 0 Å². The molecule has 0 bridgehead atoms. The van der Waals surface area contributed by atoms with Gasteiger partial charge in [0.1, 0.15) is 10.7 Å². The highest BCUT2D eigenvalue weighted by Crippen LogP contribution is 2.30. The molecule has 4 unspecified atom stereocenters. The van der Waals surface area contributed by atoms with Gasteiger partial charge in [-0.05, 0) is 30.7 Å². The topological polar surface area (TPSA) is 176 Å². The second-order valence-corrected chi connectivity index (χ2v) is 13.5. The number of nitrogens with two attached hydrogens (primary N) is 1. The fourth-order valence-corrected chi connectivity index (χ4v) is 6.24. The van der Waals surface area contributed by atoms with Crippen LogP contribution in [-0.4, -0.2) is 75.3 Å². The van der Waals surface area contributed by atoms with Crippen molar-refractivity contribution in [2.75, 3.05) is 14.2 Å². The molecular weight excluding hydrogens is 660 g/mol. The number of nitrogens with one attached hydrogen (secondary N) is 1. The molecule has 4 atom stereocenters. The summed E-state index contributed by atoms with van der Waals surface area (Å²) in [6, 6.07) is 9.22. The first-order valence-corrected chi connectivity index (χ1v) is 17.6. The average molecular weight is 713 g/mol. The predicted molar refractivity (Wildman–Crippen MR) is 191 cm³/mol. The number of hydrogen-bond acceptors (Lipinski definition) is 10. The molecule has 0 aliphatic carbocycles. The molecule has 3 aromatic rings. The molecule has 1 aromatic carbocycles. The van der Waals surface area contributed by atoms with Crippen LogP contribution in [0.25, 0.3) is 0 Å². The number of methoxy groups -OCH3 is 1.